The van der Waals surface area contributed by atoms with E-state index >= 15 is 0 Å². The Hall–Kier alpha value is -2.62. The molecule has 0 saturated heterocycles. The lowest BCUT2D eigenvalue weighted by atomic mass is 10.1. The molecule has 0 fully saturated rings. The van der Waals surface area contributed by atoms with Crippen LogP contribution in [0.4, 0.5) is 5.13 Å². The zero-order chi connectivity index (χ0) is 20.0. The minimum atomic E-state index is -3.76. The van der Waals surface area contributed by atoms with Crippen LogP contribution in [0.3, 0.4) is 0 Å². The second-order valence-electron chi connectivity index (χ2n) is 6.13. The quantitative estimate of drug-likeness (QED) is 0.434. The lowest BCUT2D eigenvalue weighted by Crippen LogP contribution is -2.25. The van der Waals surface area contributed by atoms with Crippen molar-refractivity contribution in [3.05, 3.63) is 71.3 Å². The Morgan fingerprint density at radius 2 is 1.75 bits per heavy atom. The summed E-state index contributed by atoms with van der Waals surface area (Å²) in [6.45, 7) is 2.12. The summed E-state index contributed by atoms with van der Waals surface area (Å²) in [6.07, 6.45) is 1.44. The number of carbonyl (C=O) groups is 1. The number of nitrogens with zero attached hydrogens (tertiary/aromatic N) is 2. The fraction of sp³-hybridized carbons (Fsp3) is 0.211. The minimum Gasteiger partial charge on any atom is -0.296 e. The number of hydrogen-bond acceptors (Lipinski definition) is 6. The third-order valence-corrected chi connectivity index (χ3v) is 6.69. The summed E-state index contributed by atoms with van der Waals surface area (Å²) in [5.41, 5.74) is 2.47. The van der Waals surface area contributed by atoms with E-state index in [0.29, 0.717) is 18.5 Å². The zero-order valence-corrected chi connectivity index (χ0v) is 16.9. The van der Waals surface area contributed by atoms with Crippen LogP contribution in [0.1, 0.15) is 27.9 Å². The summed E-state index contributed by atoms with van der Waals surface area (Å²) in [4.78, 5) is 12.3. The fourth-order valence-electron chi connectivity index (χ4n) is 2.57. The van der Waals surface area contributed by atoms with E-state index in [1.807, 2.05) is 49.4 Å². The maximum absolute atomic E-state index is 12.4. The molecule has 1 amide bonds. The third-order valence-electron chi connectivity index (χ3n) is 4.02. The Kier molecular flexibility index (Phi) is 6.50. The Morgan fingerprint density at radius 3 is 2.50 bits per heavy atom. The van der Waals surface area contributed by atoms with Crippen molar-refractivity contribution in [3.63, 3.8) is 0 Å². The van der Waals surface area contributed by atoms with Crippen molar-refractivity contribution in [1.29, 1.82) is 0 Å². The molecule has 0 atom stereocenters. The highest BCUT2D eigenvalue weighted by Crippen LogP contribution is 2.21. The van der Waals surface area contributed by atoms with Gasteiger partial charge in [-0.1, -0.05) is 59.9 Å². The monoisotopic (exact) mass is 416 g/mol. The summed E-state index contributed by atoms with van der Waals surface area (Å²) in [5, 5.41) is 10.2. The van der Waals surface area contributed by atoms with Crippen molar-refractivity contribution in [3.8, 4) is 0 Å². The van der Waals surface area contributed by atoms with Crippen molar-refractivity contribution >= 4 is 32.4 Å². The molecule has 2 aromatic carbocycles. The first-order chi connectivity index (χ1) is 13.5. The van der Waals surface area contributed by atoms with Gasteiger partial charge in [-0.2, -0.15) is 0 Å². The number of nitrogens with one attached hydrogen (secondary N) is 2. The summed E-state index contributed by atoms with van der Waals surface area (Å²) in [6, 6.07) is 17.0. The second kappa shape index (κ2) is 9.05. The van der Waals surface area contributed by atoms with Gasteiger partial charge in [-0.05, 0) is 37.0 Å². The van der Waals surface area contributed by atoms with Gasteiger partial charge >= 0.3 is 0 Å². The van der Waals surface area contributed by atoms with Crippen LogP contribution in [0.5, 0.6) is 0 Å². The first-order valence-corrected chi connectivity index (χ1v) is 11.0. The molecular formula is C19H20N4O3S2. The number of carbonyl (C=O) groups excluding carboxylic acids is 1. The van der Waals surface area contributed by atoms with E-state index < -0.39 is 10.0 Å². The number of aromatic nitrogens is 2. The second-order valence-corrected chi connectivity index (χ2v) is 9.05. The number of hydrogen-bond donors (Lipinski definition) is 2. The largest absolute Gasteiger partial charge is 0.296 e. The number of sulfonamides is 1. The van der Waals surface area contributed by atoms with Gasteiger partial charge < -0.3 is 0 Å². The highest BCUT2D eigenvalue weighted by Gasteiger charge is 2.21. The molecule has 0 aliphatic heterocycles. The number of rotatable bonds is 8. The summed E-state index contributed by atoms with van der Waals surface area (Å²) in [5.74, 6) is -0.353. The molecule has 9 heteroatoms. The van der Waals surface area contributed by atoms with Crippen LogP contribution in [0.15, 0.2) is 58.9 Å². The Morgan fingerprint density at radius 1 is 1.04 bits per heavy atom. The predicted molar refractivity (Wildman–Crippen MR) is 109 cm³/mol. The fourth-order valence-corrected chi connectivity index (χ4v) is 4.58. The molecule has 28 heavy (non-hydrogen) atoms. The first kappa shape index (κ1) is 20.1. The van der Waals surface area contributed by atoms with Crippen molar-refractivity contribution in [2.75, 3.05) is 11.9 Å². The Labute approximate surface area is 167 Å². The van der Waals surface area contributed by atoms with E-state index in [0.717, 1.165) is 28.9 Å². The molecule has 2 N–H and O–H groups in total. The molecule has 3 rings (SSSR count). The van der Waals surface area contributed by atoms with Crippen LogP contribution in [0.25, 0.3) is 0 Å². The molecule has 0 saturated carbocycles. The van der Waals surface area contributed by atoms with E-state index in [-0.39, 0.29) is 15.4 Å². The lowest BCUT2D eigenvalue weighted by Gasteiger charge is -2.04. The maximum Gasteiger partial charge on any atom is 0.269 e. The highest BCUT2D eigenvalue weighted by molar-refractivity contribution is 7.91. The number of benzene rings is 2. The van der Waals surface area contributed by atoms with E-state index in [2.05, 4.69) is 20.2 Å². The normalized spacial score (nSPS) is 11.3. The molecule has 0 aliphatic carbocycles. The summed E-state index contributed by atoms with van der Waals surface area (Å²) in [7, 11) is -3.76. The number of aryl methyl sites for hydroxylation is 2. The van der Waals surface area contributed by atoms with E-state index in [9.17, 15) is 13.2 Å². The molecule has 0 bridgehead atoms. The van der Waals surface area contributed by atoms with Crippen molar-refractivity contribution in [2.24, 2.45) is 0 Å². The predicted octanol–water partition coefficient (Wildman–Crippen LogP) is 3.01. The van der Waals surface area contributed by atoms with Gasteiger partial charge in [0.05, 0.1) is 0 Å². The zero-order valence-electron chi connectivity index (χ0n) is 15.3. The lowest BCUT2D eigenvalue weighted by molar-refractivity contribution is 0.102. The van der Waals surface area contributed by atoms with Gasteiger partial charge in [-0.15, -0.1) is 10.2 Å². The summed E-state index contributed by atoms with van der Waals surface area (Å²) < 4.78 is 27.0. The maximum atomic E-state index is 12.4. The molecule has 0 spiro atoms. The SMILES string of the molecule is Cc1ccccc1C(=O)Nc1nnc(S(=O)(=O)NCCCc2ccccc2)s1. The molecule has 7 nitrogen and oxygen atoms in total. The Balaban J connectivity index is 1.56. The van der Waals surface area contributed by atoms with Gasteiger partial charge in [0.25, 0.3) is 15.9 Å². The topological polar surface area (TPSA) is 101 Å². The minimum absolute atomic E-state index is 0.137. The van der Waals surface area contributed by atoms with Crippen LogP contribution in [0.2, 0.25) is 0 Å². The third kappa shape index (κ3) is 5.22. The van der Waals surface area contributed by atoms with Crippen LogP contribution >= 0.6 is 11.3 Å². The van der Waals surface area contributed by atoms with Crippen LogP contribution in [0, 0.1) is 6.92 Å². The summed E-state index contributed by atoms with van der Waals surface area (Å²) >= 11 is 0.818. The molecule has 146 valence electrons. The molecule has 1 aromatic heterocycles. The standard InChI is InChI=1S/C19H20N4O3S2/c1-14-8-5-6-12-16(14)17(24)21-18-22-23-19(27-18)28(25,26)20-13-7-11-15-9-3-2-4-10-15/h2-6,8-10,12,20H,7,11,13H2,1H3,(H,21,22,24). The van der Waals surface area contributed by atoms with Crippen LogP contribution in [-0.2, 0) is 16.4 Å². The van der Waals surface area contributed by atoms with Gasteiger partial charge in [-0.3, -0.25) is 10.1 Å². The molecular weight excluding hydrogens is 396 g/mol. The molecule has 3 aromatic rings. The molecule has 0 radical (unpaired) electrons. The number of amides is 1. The van der Waals surface area contributed by atoms with Crippen LogP contribution < -0.4 is 10.0 Å². The van der Waals surface area contributed by atoms with E-state index in [1.54, 1.807) is 12.1 Å². The van der Waals surface area contributed by atoms with Gasteiger partial charge in [-0.25, -0.2) is 13.1 Å². The van der Waals surface area contributed by atoms with Gasteiger partial charge in [0.2, 0.25) is 9.47 Å². The van der Waals surface area contributed by atoms with Crippen LogP contribution in [-0.4, -0.2) is 31.1 Å². The average molecular weight is 417 g/mol. The number of anilines is 1. The smallest absolute Gasteiger partial charge is 0.269 e. The van der Waals surface area contributed by atoms with Gasteiger partial charge in [0.1, 0.15) is 0 Å². The Bertz CT molecular complexity index is 1050. The van der Waals surface area contributed by atoms with E-state index in [4.69, 9.17) is 0 Å². The molecule has 0 unspecified atom stereocenters. The van der Waals surface area contributed by atoms with Crippen molar-refractivity contribution in [1.82, 2.24) is 14.9 Å². The average Bonchev–Trinajstić information content (AvgIpc) is 3.16. The first-order valence-electron chi connectivity index (χ1n) is 8.70. The van der Waals surface area contributed by atoms with E-state index in [1.165, 1.54) is 0 Å². The van der Waals surface area contributed by atoms with Crippen molar-refractivity contribution in [2.45, 2.75) is 24.1 Å². The molecule has 1 heterocycles. The van der Waals surface area contributed by atoms with Gasteiger partial charge in [0.15, 0.2) is 0 Å². The van der Waals surface area contributed by atoms with Gasteiger partial charge in [0, 0.05) is 12.1 Å². The molecule has 0 aliphatic rings. The highest BCUT2D eigenvalue weighted by atomic mass is 32.2. The van der Waals surface area contributed by atoms with Crippen molar-refractivity contribution < 1.29 is 13.2 Å².